The highest BCUT2D eigenvalue weighted by atomic mass is 35.5. The van der Waals surface area contributed by atoms with Crippen LogP contribution in [0.5, 0.6) is 5.75 Å². The Balaban J connectivity index is 1.58. The van der Waals surface area contributed by atoms with Crippen molar-refractivity contribution in [2.75, 3.05) is 32.8 Å². The normalized spacial score (nSPS) is 15.3. The van der Waals surface area contributed by atoms with Crippen molar-refractivity contribution in [2.24, 2.45) is 0 Å². The van der Waals surface area contributed by atoms with Gasteiger partial charge in [0.2, 0.25) is 10.0 Å². The van der Waals surface area contributed by atoms with Crippen LogP contribution >= 0.6 is 11.6 Å². The predicted octanol–water partition coefficient (Wildman–Crippen LogP) is 3.67. The number of hydrogen-bond acceptors (Lipinski definition) is 4. The van der Waals surface area contributed by atoms with Crippen molar-refractivity contribution in [3.05, 3.63) is 59.1 Å². The van der Waals surface area contributed by atoms with E-state index in [1.807, 2.05) is 0 Å². The lowest BCUT2D eigenvalue weighted by Crippen LogP contribution is -2.50. The molecule has 6 nitrogen and oxygen atoms in total. The molecule has 3 rings (SSSR count). The molecule has 2 aromatic rings. The largest absolute Gasteiger partial charge is 0.494 e. The first-order valence-electron chi connectivity index (χ1n) is 9.69. The number of amides is 1. The van der Waals surface area contributed by atoms with Gasteiger partial charge >= 0.3 is 0 Å². The summed E-state index contributed by atoms with van der Waals surface area (Å²) in [7, 11) is -3.59. The monoisotopic (exact) mass is 436 g/mol. The number of carbonyl (C=O) groups is 1. The van der Waals surface area contributed by atoms with Crippen molar-refractivity contribution in [1.82, 2.24) is 9.21 Å². The summed E-state index contributed by atoms with van der Waals surface area (Å²) in [6.45, 7) is 3.98. The molecule has 0 bridgehead atoms. The maximum absolute atomic E-state index is 12.8. The van der Waals surface area contributed by atoms with Crippen molar-refractivity contribution >= 4 is 27.5 Å². The average molecular weight is 437 g/mol. The second kappa shape index (κ2) is 9.61. The van der Waals surface area contributed by atoms with E-state index in [0.29, 0.717) is 30.3 Å². The highest BCUT2D eigenvalue weighted by Gasteiger charge is 2.30. The summed E-state index contributed by atoms with van der Waals surface area (Å²) in [5, 5.41) is 0.487. The van der Waals surface area contributed by atoms with Gasteiger partial charge in [-0.1, -0.05) is 24.9 Å². The van der Waals surface area contributed by atoms with E-state index < -0.39 is 10.0 Å². The van der Waals surface area contributed by atoms with Crippen LogP contribution in [0, 0.1) is 0 Å². The first kappa shape index (κ1) is 21.6. The Hall–Kier alpha value is -2.09. The van der Waals surface area contributed by atoms with Crippen LogP contribution in [-0.2, 0) is 10.0 Å². The van der Waals surface area contributed by atoms with Gasteiger partial charge in [-0.25, -0.2) is 8.42 Å². The number of nitrogens with zero attached hydrogens (tertiary/aromatic N) is 2. The zero-order valence-corrected chi connectivity index (χ0v) is 18.0. The summed E-state index contributed by atoms with van der Waals surface area (Å²) in [5.41, 5.74) is 0.571. The van der Waals surface area contributed by atoms with Gasteiger partial charge in [-0.2, -0.15) is 4.31 Å². The maximum Gasteiger partial charge on any atom is 0.253 e. The number of unbranched alkanes of at least 4 members (excludes halogenated alkanes) is 1. The number of carbonyl (C=O) groups excluding carboxylic acids is 1. The molecule has 0 aliphatic carbocycles. The highest BCUT2D eigenvalue weighted by molar-refractivity contribution is 7.89. The Bertz CT molecular complexity index is 922. The molecule has 0 unspecified atom stereocenters. The average Bonchev–Trinajstić information content (AvgIpc) is 2.74. The number of rotatable bonds is 7. The fourth-order valence-electron chi connectivity index (χ4n) is 3.10. The molecule has 1 aliphatic heterocycles. The van der Waals surface area contributed by atoms with Gasteiger partial charge in [-0.3, -0.25) is 4.79 Å². The Morgan fingerprint density at radius 1 is 1.00 bits per heavy atom. The van der Waals surface area contributed by atoms with Crippen LogP contribution < -0.4 is 4.74 Å². The van der Waals surface area contributed by atoms with E-state index in [2.05, 4.69) is 6.92 Å². The number of benzene rings is 2. The third kappa shape index (κ3) is 5.29. The summed E-state index contributed by atoms with van der Waals surface area (Å²) in [6.07, 6.45) is 2.06. The lowest BCUT2D eigenvalue weighted by atomic mass is 10.2. The lowest BCUT2D eigenvalue weighted by molar-refractivity contribution is 0.0698. The molecule has 1 amide bonds. The summed E-state index contributed by atoms with van der Waals surface area (Å²) < 4.78 is 32.5. The van der Waals surface area contributed by atoms with E-state index >= 15 is 0 Å². The molecule has 0 saturated carbocycles. The minimum absolute atomic E-state index is 0.103. The molecule has 0 spiro atoms. The molecule has 0 atom stereocenters. The van der Waals surface area contributed by atoms with Crippen LogP contribution in [0.15, 0.2) is 53.4 Å². The van der Waals surface area contributed by atoms with Gasteiger partial charge in [-0.15, -0.1) is 0 Å². The van der Waals surface area contributed by atoms with E-state index in [1.165, 1.54) is 16.4 Å². The Morgan fingerprint density at radius 3 is 2.21 bits per heavy atom. The number of hydrogen-bond donors (Lipinski definition) is 0. The first-order valence-corrected chi connectivity index (χ1v) is 11.5. The van der Waals surface area contributed by atoms with E-state index in [9.17, 15) is 13.2 Å². The van der Waals surface area contributed by atoms with Crippen molar-refractivity contribution in [3.8, 4) is 5.75 Å². The topological polar surface area (TPSA) is 66.9 Å². The number of halogens is 1. The van der Waals surface area contributed by atoms with Crippen molar-refractivity contribution < 1.29 is 17.9 Å². The van der Waals surface area contributed by atoms with Crippen LogP contribution in [0.25, 0.3) is 0 Å². The maximum atomic E-state index is 12.8. The molecule has 8 heteroatoms. The summed E-state index contributed by atoms with van der Waals surface area (Å²) in [4.78, 5) is 14.6. The van der Waals surface area contributed by atoms with Gasteiger partial charge in [-0.05, 0) is 55.0 Å². The summed E-state index contributed by atoms with van der Waals surface area (Å²) in [5.74, 6) is 0.641. The molecule has 0 N–H and O–H groups in total. The lowest BCUT2D eigenvalue weighted by Gasteiger charge is -2.34. The Kier molecular flexibility index (Phi) is 7.16. The van der Waals surface area contributed by atoms with Gasteiger partial charge in [0, 0.05) is 36.8 Å². The zero-order chi connectivity index (χ0) is 20.9. The van der Waals surface area contributed by atoms with Crippen LogP contribution in [-0.4, -0.2) is 56.3 Å². The van der Waals surface area contributed by atoms with E-state index in [0.717, 1.165) is 18.6 Å². The third-order valence-corrected chi connectivity index (χ3v) is 7.01. The fraction of sp³-hybridized carbons (Fsp3) is 0.381. The molecule has 1 aliphatic rings. The Morgan fingerprint density at radius 2 is 1.62 bits per heavy atom. The molecular formula is C21H25ClN2O4S. The van der Waals surface area contributed by atoms with Crippen molar-refractivity contribution in [2.45, 2.75) is 24.7 Å². The van der Waals surface area contributed by atoms with E-state index in [1.54, 1.807) is 41.3 Å². The third-order valence-electron chi connectivity index (χ3n) is 4.85. The number of sulfonamides is 1. The SMILES string of the molecule is CCCCOc1ccc(C(=O)N2CCN(S(=O)(=O)c3ccc(Cl)cc3)CC2)cc1. The summed E-state index contributed by atoms with van der Waals surface area (Å²) >= 11 is 5.84. The Labute approximate surface area is 177 Å². The van der Waals surface area contributed by atoms with Crippen LogP contribution in [0.4, 0.5) is 0 Å². The van der Waals surface area contributed by atoms with Gasteiger partial charge in [0.15, 0.2) is 0 Å². The number of piperazine rings is 1. The predicted molar refractivity (Wildman–Crippen MR) is 113 cm³/mol. The summed E-state index contributed by atoms with van der Waals surface area (Å²) in [6, 6.07) is 13.2. The van der Waals surface area contributed by atoms with Gasteiger partial charge < -0.3 is 9.64 Å². The van der Waals surface area contributed by atoms with Crippen LogP contribution in [0.2, 0.25) is 5.02 Å². The zero-order valence-electron chi connectivity index (χ0n) is 16.4. The molecule has 0 radical (unpaired) electrons. The molecule has 156 valence electrons. The number of ether oxygens (including phenoxy) is 1. The van der Waals surface area contributed by atoms with Crippen LogP contribution in [0.3, 0.4) is 0 Å². The van der Waals surface area contributed by atoms with Gasteiger partial charge in [0.25, 0.3) is 5.91 Å². The molecule has 29 heavy (non-hydrogen) atoms. The van der Waals surface area contributed by atoms with Gasteiger partial charge in [0.05, 0.1) is 11.5 Å². The van der Waals surface area contributed by atoms with Gasteiger partial charge in [0.1, 0.15) is 5.75 Å². The molecule has 1 saturated heterocycles. The standard InChI is InChI=1S/C21H25ClN2O4S/c1-2-3-16-28-19-8-4-17(5-9-19)21(25)23-12-14-24(15-13-23)29(26,27)20-10-6-18(22)7-11-20/h4-11H,2-3,12-16H2,1H3. The highest BCUT2D eigenvalue weighted by Crippen LogP contribution is 2.21. The minimum Gasteiger partial charge on any atom is -0.494 e. The molecular weight excluding hydrogens is 412 g/mol. The smallest absolute Gasteiger partial charge is 0.253 e. The first-order chi connectivity index (χ1) is 13.9. The molecule has 1 fully saturated rings. The van der Waals surface area contributed by atoms with E-state index in [4.69, 9.17) is 16.3 Å². The quantitative estimate of drug-likeness (QED) is 0.621. The molecule has 2 aromatic carbocycles. The van der Waals surface area contributed by atoms with E-state index in [-0.39, 0.29) is 23.9 Å². The minimum atomic E-state index is -3.59. The molecule has 0 aromatic heterocycles. The fourth-order valence-corrected chi connectivity index (χ4v) is 4.65. The molecule has 1 heterocycles. The van der Waals surface area contributed by atoms with Crippen LogP contribution in [0.1, 0.15) is 30.1 Å². The van der Waals surface area contributed by atoms with Crippen molar-refractivity contribution in [1.29, 1.82) is 0 Å². The second-order valence-electron chi connectivity index (χ2n) is 6.88. The second-order valence-corrected chi connectivity index (χ2v) is 9.25. The van der Waals surface area contributed by atoms with Crippen molar-refractivity contribution in [3.63, 3.8) is 0 Å².